The lowest BCUT2D eigenvalue weighted by Gasteiger charge is -2.09. The van der Waals surface area contributed by atoms with Gasteiger partial charge in [-0.25, -0.2) is 0 Å². The molecule has 0 fully saturated rings. The number of hydrogen-bond acceptors (Lipinski definition) is 4. The molecule has 110 valence electrons. The molecule has 0 aliphatic heterocycles. The van der Waals surface area contributed by atoms with Crippen molar-refractivity contribution in [3.05, 3.63) is 47.2 Å². The van der Waals surface area contributed by atoms with Gasteiger partial charge in [-0.15, -0.1) is 10.2 Å². The Morgan fingerprint density at radius 2 is 1.71 bits per heavy atom. The van der Waals surface area contributed by atoms with Crippen molar-refractivity contribution in [2.24, 2.45) is 0 Å². The van der Waals surface area contributed by atoms with E-state index in [-0.39, 0.29) is 11.9 Å². The van der Waals surface area contributed by atoms with Crippen LogP contribution in [0.2, 0.25) is 0 Å². The van der Waals surface area contributed by atoms with Crippen molar-refractivity contribution in [2.45, 2.75) is 33.7 Å². The Kier molecular flexibility index (Phi) is 4.52. The van der Waals surface area contributed by atoms with Gasteiger partial charge in [-0.05, 0) is 63.1 Å². The number of nitrogens with one attached hydrogen (secondary N) is 2. The fourth-order valence-electron chi connectivity index (χ4n) is 2.07. The summed E-state index contributed by atoms with van der Waals surface area (Å²) in [4.78, 5) is 12.1. The van der Waals surface area contributed by atoms with Crippen molar-refractivity contribution in [2.75, 3.05) is 10.6 Å². The van der Waals surface area contributed by atoms with Gasteiger partial charge in [-0.2, -0.15) is 0 Å². The normalized spacial score (nSPS) is 10.5. The van der Waals surface area contributed by atoms with Gasteiger partial charge in [-0.3, -0.25) is 4.79 Å². The summed E-state index contributed by atoms with van der Waals surface area (Å²) in [7, 11) is 0. The minimum absolute atomic E-state index is 0.261. The van der Waals surface area contributed by atoms with Crippen molar-refractivity contribution < 1.29 is 4.79 Å². The van der Waals surface area contributed by atoms with Gasteiger partial charge in [0, 0.05) is 11.7 Å². The molecule has 1 aromatic heterocycles. The van der Waals surface area contributed by atoms with Crippen LogP contribution in [0, 0.1) is 13.8 Å². The Morgan fingerprint density at radius 1 is 1.05 bits per heavy atom. The number of nitrogens with zero attached hydrogens (tertiary/aromatic N) is 2. The first-order valence-corrected chi connectivity index (χ1v) is 6.94. The van der Waals surface area contributed by atoms with Gasteiger partial charge in [-0.1, -0.05) is 6.07 Å². The van der Waals surface area contributed by atoms with Crippen molar-refractivity contribution >= 4 is 17.4 Å². The van der Waals surface area contributed by atoms with Gasteiger partial charge in [0.25, 0.3) is 5.91 Å². The van der Waals surface area contributed by atoms with Crippen LogP contribution < -0.4 is 10.6 Å². The quantitative estimate of drug-likeness (QED) is 0.905. The number of hydrogen-bond donors (Lipinski definition) is 2. The average Bonchev–Trinajstić information content (AvgIpc) is 2.37. The number of amides is 1. The lowest BCUT2D eigenvalue weighted by molar-refractivity contribution is 0.102. The van der Waals surface area contributed by atoms with Crippen molar-refractivity contribution in [3.8, 4) is 0 Å². The van der Waals surface area contributed by atoms with E-state index < -0.39 is 0 Å². The summed E-state index contributed by atoms with van der Waals surface area (Å²) in [5.41, 5.74) is 3.27. The van der Waals surface area contributed by atoms with Crippen LogP contribution in [-0.2, 0) is 0 Å². The molecule has 1 amide bonds. The monoisotopic (exact) mass is 284 g/mol. The zero-order valence-corrected chi connectivity index (χ0v) is 12.8. The van der Waals surface area contributed by atoms with E-state index in [0.717, 1.165) is 16.8 Å². The largest absolute Gasteiger partial charge is 0.366 e. The molecule has 2 rings (SSSR count). The molecule has 0 aliphatic carbocycles. The molecule has 1 heterocycles. The van der Waals surface area contributed by atoms with Crippen molar-refractivity contribution in [1.29, 1.82) is 0 Å². The first-order chi connectivity index (χ1) is 9.94. The molecular formula is C16H20N4O. The zero-order chi connectivity index (χ0) is 15.4. The Bertz CT molecular complexity index is 615. The second-order valence-electron chi connectivity index (χ2n) is 5.43. The molecule has 2 aromatic rings. The van der Waals surface area contributed by atoms with E-state index in [0.29, 0.717) is 11.5 Å². The Labute approximate surface area is 124 Å². The smallest absolute Gasteiger partial charge is 0.276 e. The standard InChI is InChI=1S/C16H20N4O/c1-10(2)17-15-6-5-14(19-20-15)16(21)18-13-8-11(3)7-12(4)9-13/h5-10H,1-4H3,(H,17,20)(H,18,21). The molecule has 0 aliphatic rings. The first-order valence-electron chi connectivity index (χ1n) is 6.94. The molecule has 0 unspecified atom stereocenters. The van der Waals surface area contributed by atoms with E-state index in [1.165, 1.54) is 0 Å². The molecule has 5 heteroatoms. The number of aromatic nitrogens is 2. The molecule has 0 atom stereocenters. The van der Waals surface area contributed by atoms with Gasteiger partial charge >= 0.3 is 0 Å². The summed E-state index contributed by atoms with van der Waals surface area (Å²) in [5.74, 6) is 0.400. The fourth-order valence-corrected chi connectivity index (χ4v) is 2.07. The molecule has 21 heavy (non-hydrogen) atoms. The van der Waals surface area contributed by atoms with Crippen LogP contribution in [0.15, 0.2) is 30.3 Å². The molecular weight excluding hydrogens is 264 g/mol. The summed E-state index contributed by atoms with van der Waals surface area (Å²) in [5, 5.41) is 13.9. The van der Waals surface area contributed by atoms with E-state index in [2.05, 4.69) is 26.9 Å². The Morgan fingerprint density at radius 3 is 2.24 bits per heavy atom. The van der Waals surface area contributed by atoms with E-state index in [1.54, 1.807) is 12.1 Å². The second kappa shape index (κ2) is 6.35. The Hall–Kier alpha value is -2.43. The van der Waals surface area contributed by atoms with Crippen LogP contribution >= 0.6 is 0 Å². The van der Waals surface area contributed by atoms with Crippen LogP contribution in [0.4, 0.5) is 11.5 Å². The summed E-state index contributed by atoms with van der Waals surface area (Å²) < 4.78 is 0. The van der Waals surface area contributed by atoms with E-state index in [9.17, 15) is 4.79 Å². The first kappa shape index (κ1) is 15.0. The SMILES string of the molecule is Cc1cc(C)cc(NC(=O)c2ccc(NC(C)C)nn2)c1. The van der Waals surface area contributed by atoms with Crippen LogP contribution in [-0.4, -0.2) is 22.1 Å². The number of benzene rings is 1. The van der Waals surface area contributed by atoms with Gasteiger partial charge in [0.05, 0.1) is 0 Å². The zero-order valence-electron chi connectivity index (χ0n) is 12.8. The summed E-state index contributed by atoms with van der Waals surface area (Å²) >= 11 is 0. The molecule has 0 saturated carbocycles. The molecule has 2 N–H and O–H groups in total. The number of carbonyl (C=O) groups excluding carboxylic acids is 1. The highest BCUT2D eigenvalue weighted by atomic mass is 16.1. The van der Waals surface area contributed by atoms with Gasteiger partial charge in [0.15, 0.2) is 5.69 Å². The maximum Gasteiger partial charge on any atom is 0.276 e. The highest BCUT2D eigenvalue weighted by Crippen LogP contribution is 2.14. The summed E-state index contributed by atoms with van der Waals surface area (Å²) in [6.45, 7) is 8.02. The topological polar surface area (TPSA) is 66.9 Å². The predicted molar refractivity (Wildman–Crippen MR) is 84.7 cm³/mol. The highest BCUT2D eigenvalue weighted by Gasteiger charge is 2.09. The third kappa shape index (κ3) is 4.27. The fraction of sp³-hybridized carbons (Fsp3) is 0.312. The summed E-state index contributed by atoms with van der Waals surface area (Å²) in [6, 6.07) is 9.59. The molecule has 0 saturated heterocycles. The second-order valence-corrected chi connectivity index (χ2v) is 5.43. The van der Waals surface area contributed by atoms with Gasteiger partial charge in [0.1, 0.15) is 5.82 Å². The van der Waals surface area contributed by atoms with E-state index in [1.807, 2.05) is 39.8 Å². The molecule has 5 nitrogen and oxygen atoms in total. The Balaban J connectivity index is 2.09. The van der Waals surface area contributed by atoms with Gasteiger partial charge < -0.3 is 10.6 Å². The highest BCUT2D eigenvalue weighted by molar-refractivity contribution is 6.02. The lowest BCUT2D eigenvalue weighted by atomic mass is 10.1. The number of rotatable bonds is 4. The van der Waals surface area contributed by atoms with E-state index in [4.69, 9.17) is 0 Å². The van der Waals surface area contributed by atoms with Crippen molar-refractivity contribution in [3.63, 3.8) is 0 Å². The average molecular weight is 284 g/mol. The lowest BCUT2D eigenvalue weighted by Crippen LogP contribution is -2.16. The minimum Gasteiger partial charge on any atom is -0.366 e. The van der Waals surface area contributed by atoms with Crippen LogP contribution in [0.25, 0.3) is 0 Å². The van der Waals surface area contributed by atoms with Gasteiger partial charge in [0.2, 0.25) is 0 Å². The third-order valence-electron chi connectivity index (χ3n) is 2.81. The predicted octanol–water partition coefficient (Wildman–Crippen LogP) is 3.17. The molecule has 0 radical (unpaired) electrons. The van der Waals surface area contributed by atoms with Crippen LogP contribution in [0.1, 0.15) is 35.5 Å². The van der Waals surface area contributed by atoms with Crippen molar-refractivity contribution in [1.82, 2.24) is 10.2 Å². The van der Waals surface area contributed by atoms with Crippen LogP contribution in [0.3, 0.4) is 0 Å². The maximum absolute atomic E-state index is 12.1. The minimum atomic E-state index is -0.261. The number of carbonyl (C=O) groups is 1. The van der Waals surface area contributed by atoms with Crippen LogP contribution in [0.5, 0.6) is 0 Å². The number of aryl methyl sites for hydroxylation is 2. The molecule has 0 spiro atoms. The molecule has 1 aromatic carbocycles. The summed E-state index contributed by atoms with van der Waals surface area (Å²) in [6.07, 6.45) is 0. The maximum atomic E-state index is 12.1. The number of anilines is 2. The third-order valence-corrected chi connectivity index (χ3v) is 2.81. The molecule has 0 bridgehead atoms. The van der Waals surface area contributed by atoms with E-state index >= 15 is 0 Å².